The molecule has 2 atom stereocenters. The lowest BCUT2D eigenvalue weighted by molar-refractivity contribution is -0.142. The van der Waals surface area contributed by atoms with Crippen molar-refractivity contribution in [3.05, 3.63) is 71.3 Å². The molecular formula is C25H31F2N3O3. The van der Waals surface area contributed by atoms with E-state index in [2.05, 4.69) is 0 Å². The molecule has 1 heterocycles. The molecule has 33 heavy (non-hydrogen) atoms. The van der Waals surface area contributed by atoms with Crippen molar-refractivity contribution in [2.45, 2.75) is 57.8 Å². The predicted molar refractivity (Wildman–Crippen MR) is 121 cm³/mol. The molecule has 0 spiro atoms. The summed E-state index contributed by atoms with van der Waals surface area (Å²) in [7, 11) is 0. The molecule has 1 aliphatic heterocycles. The van der Waals surface area contributed by atoms with Gasteiger partial charge in [-0.2, -0.15) is 0 Å². The largest absolute Gasteiger partial charge is 0.444 e. The summed E-state index contributed by atoms with van der Waals surface area (Å²) in [6.45, 7) is 6.38. The summed E-state index contributed by atoms with van der Waals surface area (Å²) in [5.41, 5.74) is 6.95. The van der Waals surface area contributed by atoms with Crippen LogP contribution in [0.2, 0.25) is 0 Å². The number of rotatable bonds is 6. The zero-order valence-corrected chi connectivity index (χ0v) is 19.3. The van der Waals surface area contributed by atoms with E-state index < -0.39 is 35.4 Å². The topological polar surface area (TPSA) is 75.9 Å². The van der Waals surface area contributed by atoms with Crippen LogP contribution in [0.1, 0.15) is 38.3 Å². The minimum atomic E-state index is -0.828. The van der Waals surface area contributed by atoms with Gasteiger partial charge in [0.1, 0.15) is 23.3 Å². The van der Waals surface area contributed by atoms with E-state index in [9.17, 15) is 18.4 Å². The first-order valence-electron chi connectivity index (χ1n) is 11.0. The van der Waals surface area contributed by atoms with E-state index in [1.807, 2.05) is 30.3 Å². The zero-order chi connectivity index (χ0) is 24.2. The smallest absolute Gasteiger partial charge is 0.411 e. The van der Waals surface area contributed by atoms with Crippen molar-refractivity contribution in [2.75, 3.05) is 13.1 Å². The second kappa shape index (κ2) is 10.3. The molecule has 0 bridgehead atoms. The maximum Gasteiger partial charge on any atom is 0.411 e. The first kappa shape index (κ1) is 24.6. The van der Waals surface area contributed by atoms with Gasteiger partial charge in [0.25, 0.3) is 0 Å². The van der Waals surface area contributed by atoms with Crippen LogP contribution in [-0.2, 0) is 22.5 Å². The Labute approximate surface area is 193 Å². The average Bonchev–Trinajstić information content (AvgIpc) is 2.69. The number of carbonyl (C=O) groups excluding carboxylic acids is 2. The van der Waals surface area contributed by atoms with Gasteiger partial charge in [0.2, 0.25) is 5.91 Å². The van der Waals surface area contributed by atoms with Crippen molar-refractivity contribution < 1.29 is 23.1 Å². The quantitative estimate of drug-likeness (QED) is 0.712. The molecular weight excluding hydrogens is 428 g/mol. The minimum Gasteiger partial charge on any atom is -0.444 e. The summed E-state index contributed by atoms with van der Waals surface area (Å²) >= 11 is 0. The maximum atomic E-state index is 13.6. The van der Waals surface area contributed by atoms with Gasteiger partial charge in [-0.15, -0.1) is 0 Å². The van der Waals surface area contributed by atoms with Crippen molar-refractivity contribution in [3.8, 4) is 0 Å². The second-order valence-electron chi connectivity index (χ2n) is 9.41. The summed E-state index contributed by atoms with van der Waals surface area (Å²) in [6, 6.07) is 11.4. The zero-order valence-electron chi connectivity index (χ0n) is 19.3. The molecule has 0 aliphatic carbocycles. The summed E-state index contributed by atoms with van der Waals surface area (Å²) in [5, 5.41) is 0. The van der Waals surface area contributed by atoms with Crippen molar-refractivity contribution >= 4 is 12.0 Å². The Morgan fingerprint density at radius 1 is 1.09 bits per heavy atom. The van der Waals surface area contributed by atoms with Gasteiger partial charge < -0.3 is 15.4 Å². The number of halogens is 2. The van der Waals surface area contributed by atoms with Gasteiger partial charge in [-0.3, -0.25) is 9.69 Å². The van der Waals surface area contributed by atoms with Crippen LogP contribution in [0.15, 0.2) is 48.5 Å². The monoisotopic (exact) mass is 459 g/mol. The van der Waals surface area contributed by atoms with Gasteiger partial charge in [0.15, 0.2) is 0 Å². The van der Waals surface area contributed by atoms with Gasteiger partial charge in [-0.1, -0.05) is 30.3 Å². The minimum absolute atomic E-state index is 0.140. The fraction of sp³-hybridized carbons (Fsp3) is 0.440. The Bertz CT molecular complexity index is 958. The van der Waals surface area contributed by atoms with Crippen LogP contribution in [0.3, 0.4) is 0 Å². The molecule has 0 radical (unpaired) electrons. The molecule has 0 saturated carbocycles. The number of nitrogens with zero attached hydrogens (tertiary/aromatic N) is 2. The van der Waals surface area contributed by atoms with Gasteiger partial charge in [0, 0.05) is 31.7 Å². The van der Waals surface area contributed by atoms with Crippen molar-refractivity contribution in [2.24, 2.45) is 5.73 Å². The highest BCUT2D eigenvalue weighted by atomic mass is 19.1. The molecule has 178 valence electrons. The molecule has 6 nitrogen and oxygen atoms in total. The summed E-state index contributed by atoms with van der Waals surface area (Å²) in [5.74, 6) is -1.59. The number of piperazine rings is 1. The van der Waals surface area contributed by atoms with Crippen LogP contribution in [0, 0.1) is 11.6 Å². The fourth-order valence-electron chi connectivity index (χ4n) is 3.97. The summed E-state index contributed by atoms with van der Waals surface area (Å²) < 4.78 is 32.7. The molecule has 2 aromatic rings. The van der Waals surface area contributed by atoms with Gasteiger partial charge in [-0.25, -0.2) is 13.6 Å². The summed E-state index contributed by atoms with van der Waals surface area (Å²) in [4.78, 5) is 29.4. The Kier molecular flexibility index (Phi) is 7.68. The van der Waals surface area contributed by atoms with Gasteiger partial charge in [0.05, 0.1) is 0 Å². The van der Waals surface area contributed by atoms with Crippen molar-refractivity contribution in [1.29, 1.82) is 0 Å². The molecule has 8 heteroatoms. The van der Waals surface area contributed by atoms with E-state index in [0.717, 1.165) is 11.6 Å². The highest BCUT2D eigenvalue weighted by Gasteiger charge is 2.40. The highest BCUT2D eigenvalue weighted by molar-refractivity contribution is 5.87. The Morgan fingerprint density at radius 2 is 1.73 bits per heavy atom. The lowest BCUT2D eigenvalue weighted by Crippen LogP contribution is -2.60. The van der Waals surface area contributed by atoms with Crippen LogP contribution in [-0.4, -0.2) is 52.6 Å². The lowest BCUT2D eigenvalue weighted by atomic mass is 9.97. The standard InChI is InChI=1S/C25H31F2N3O3/c1-25(2,3)33-24(32)30-10-9-29(16-17-7-5-4-6-8-17)23(31)22(30)15-21(28)13-18-11-19(26)14-20(27)12-18/h4-8,11-12,14,21-22H,9-10,13,15-16,28H2,1-3H3/t21?,22-/m0/s1. The molecule has 3 rings (SSSR count). The van der Waals surface area contributed by atoms with Crippen LogP contribution in [0.4, 0.5) is 13.6 Å². The third-order valence-corrected chi connectivity index (χ3v) is 5.37. The summed E-state index contributed by atoms with van der Waals surface area (Å²) in [6.07, 6.45) is -0.273. The van der Waals surface area contributed by atoms with Gasteiger partial charge in [-0.05, 0) is 56.9 Å². The molecule has 1 saturated heterocycles. The Morgan fingerprint density at radius 3 is 2.33 bits per heavy atom. The van der Waals surface area contributed by atoms with E-state index in [1.165, 1.54) is 17.0 Å². The number of carbonyl (C=O) groups is 2. The van der Waals surface area contributed by atoms with Crippen molar-refractivity contribution in [1.82, 2.24) is 9.80 Å². The first-order chi connectivity index (χ1) is 15.5. The average molecular weight is 460 g/mol. The Balaban J connectivity index is 1.78. The van der Waals surface area contributed by atoms with E-state index in [1.54, 1.807) is 25.7 Å². The lowest BCUT2D eigenvalue weighted by Gasteiger charge is -2.41. The Hall–Kier alpha value is -3.00. The molecule has 0 aromatic heterocycles. The molecule has 2 aromatic carbocycles. The van der Waals surface area contributed by atoms with E-state index in [0.29, 0.717) is 25.2 Å². The van der Waals surface area contributed by atoms with Crippen molar-refractivity contribution in [3.63, 3.8) is 0 Å². The normalized spacial score (nSPS) is 17.8. The fourth-order valence-corrected chi connectivity index (χ4v) is 3.97. The number of amides is 2. The van der Waals surface area contributed by atoms with Crippen LogP contribution >= 0.6 is 0 Å². The SMILES string of the molecule is CC(C)(C)OC(=O)N1CCN(Cc2ccccc2)C(=O)[C@@H]1CC(N)Cc1cc(F)cc(F)c1. The number of hydrogen-bond acceptors (Lipinski definition) is 4. The maximum absolute atomic E-state index is 13.6. The molecule has 1 fully saturated rings. The first-order valence-corrected chi connectivity index (χ1v) is 11.0. The van der Waals surface area contributed by atoms with E-state index in [4.69, 9.17) is 10.5 Å². The second-order valence-corrected chi connectivity index (χ2v) is 9.41. The molecule has 1 unspecified atom stereocenters. The van der Waals surface area contributed by atoms with Gasteiger partial charge >= 0.3 is 6.09 Å². The third-order valence-electron chi connectivity index (χ3n) is 5.37. The third kappa shape index (κ3) is 6.99. The molecule has 2 amide bonds. The van der Waals surface area contributed by atoms with E-state index >= 15 is 0 Å². The number of hydrogen-bond donors (Lipinski definition) is 1. The van der Waals surface area contributed by atoms with Crippen LogP contribution in [0.25, 0.3) is 0 Å². The van der Waals surface area contributed by atoms with Crippen LogP contribution in [0.5, 0.6) is 0 Å². The van der Waals surface area contributed by atoms with Crippen LogP contribution < -0.4 is 5.73 Å². The molecule has 2 N–H and O–H groups in total. The van der Waals surface area contributed by atoms with E-state index in [-0.39, 0.29) is 18.7 Å². The number of nitrogens with two attached hydrogens (primary N) is 1. The molecule has 1 aliphatic rings. The highest BCUT2D eigenvalue weighted by Crippen LogP contribution is 2.22. The number of ether oxygens (including phenoxy) is 1. The predicted octanol–water partition coefficient (Wildman–Crippen LogP) is 3.87. The number of benzene rings is 2.